The number of ether oxygens (including phenoxy) is 4. The zero-order valence-corrected chi connectivity index (χ0v) is 22.0. The molecular formula is C30H26F2N2O6. The van der Waals surface area contributed by atoms with E-state index in [0.717, 1.165) is 12.8 Å². The molecule has 0 aliphatic heterocycles. The first kappa shape index (κ1) is 29.6. The lowest BCUT2D eigenvalue weighted by Crippen LogP contribution is -2.07. The molecule has 0 spiro atoms. The summed E-state index contributed by atoms with van der Waals surface area (Å²) < 4.78 is 52.1. The van der Waals surface area contributed by atoms with Gasteiger partial charge in [0.2, 0.25) is 11.5 Å². The highest BCUT2D eigenvalue weighted by molar-refractivity contribution is 5.90. The molecule has 0 saturated carbocycles. The number of carbonyl (C=O) groups is 2. The third-order valence-electron chi connectivity index (χ3n) is 5.60. The maximum absolute atomic E-state index is 15.4. The molecule has 0 heterocycles. The molecule has 3 aromatic rings. The molecule has 0 fully saturated rings. The average molecular weight is 549 g/mol. The van der Waals surface area contributed by atoms with Crippen molar-refractivity contribution in [3.63, 3.8) is 0 Å². The van der Waals surface area contributed by atoms with E-state index in [2.05, 4.69) is 0 Å². The smallest absolute Gasteiger partial charge is 0.338 e. The molecule has 0 N–H and O–H groups in total. The van der Waals surface area contributed by atoms with Gasteiger partial charge in [-0.15, -0.1) is 0 Å². The second-order valence-corrected chi connectivity index (χ2v) is 8.49. The third-order valence-corrected chi connectivity index (χ3v) is 5.60. The summed E-state index contributed by atoms with van der Waals surface area (Å²) in [5.41, 5.74) is -1.28. The van der Waals surface area contributed by atoms with E-state index in [9.17, 15) is 20.1 Å². The van der Waals surface area contributed by atoms with Crippen LogP contribution in [0.4, 0.5) is 8.78 Å². The van der Waals surface area contributed by atoms with Gasteiger partial charge in [0.1, 0.15) is 34.8 Å². The first-order valence-corrected chi connectivity index (χ1v) is 12.6. The summed E-state index contributed by atoms with van der Waals surface area (Å²) in [7, 11) is 0. The van der Waals surface area contributed by atoms with Crippen LogP contribution in [0.1, 0.15) is 71.4 Å². The molecule has 10 heteroatoms. The summed E-state index contributed by atoms with van der Waals surface area (Å²) in [6, 6.07) is 13.8. The van der Waals surface area contributed by atoms with E-state index in [1.165, 1.54) is 60.7 Å². The predicted molar refractivity (Wildman–Crippen MR) is 139 cm³/mol. The van der Waals surface area contributed by atoms with E-state index in [4.69, 9.17) is 18.9 Å². The van der Waals surface area contributed by atoms with Gasteiger partial charge >= 0.3 is 11.9 Å². The minimum Gasteiger partial charge on any atom is -0.462 e. The van der Waals surface area contributed by atoms with Crippen molar-refractivity contribution < 1.29 is 37.3 Å². The maximum atomic E-state index is 15.4. The van der Waals surface area contributed by atoms with E-state index >= 15 is 8.78 Å². The Balaban J connectivity index is 1.92. The monoisotopic (exact) mass is 548 g/mol. The molecule has 0 saturated heterocycles. The number of hydrogen-bond donors (Lipinski definition) is 0. The van der Waals surface area contributed by atoms with Crippen molar-refractivity contribution in [2.24, 2.45) is 0 Å². The zero-order valence-electron chi connectivity index (χ0n) is 22.0. The van der Waals surface area contributed by atoms with E-state index in [0.29, 0.717) is 12.8 Å². The molecular weight excluding hydrogens is 522 g/mol. The van der Waals surface area contributed by atoms with Crippen molar-refractivity contribution in [1.29, 1.82) is 10.5 Å². The summed E-state index contributed by atoms with van der Waals surface area (Å²) in [5.74, 6) is -5.31. The summed E-state index contributed by atoms with van der Waals surface area (Å²) in [6.07, 6.45) is 3.15. The summed E-state index contributed by atoms with van der Waals surface area (Å²) >= 11 is 0. The van der Waals surface area contributed by atoms with Gasteiger partial charge in [-0.2, -0.15) is 10.5 Å². The molecule has 0 aromatic heterocycles. The predicted octanol–water partition coefficient (Wildman–Crippen LogP) is 7.21. The highest BCUT2D eigenvalue weighted by atomic mass is 19.1. The topological polar surface area (TPSA) is 119 Å². The average Bonchev–Trinajstić information content (AvgIpc) is 2.97. The Bertz CT molecular complexity index is 1330. The van der Waals surface area contributed by atoms with Gasteiger partial charge in [-0.25, -0.2) is 18.4 Å². The SMILES string of the molecule is CCCCOC(=O)c1ccc(Oc2c(F)c(C#N)c(C#N)c(F)c2Oc2ccc(C(=O)OCCCC)cc2)cc1. The zero-order chi connectivity index (χ0) is 29.1. The molecule has 0 aliphatic rings. The van der Waals surface area contributed by atoms with Crippen LogP contribution < -0.4 is 9.47 Å². The van der Waals surface area contributed by atoms with Crippen LogP contribution in [-0.4, -0.2) is 25.2 Å². The fraction of sp³-hybridized carbons (Fsp3) is 0.267. The van der Waals surface area contributed by atoms with E-state index in [1.807, 2.05) is 13.8 Å². The maximum Gasteiger partial charge on any atom is 0.338 e. The molecule has 0 amide bonds. The highest BCUT2D eigenvalue weighted by Gasteiger charge is 2.29. The Morgan fingerprint density at radius 1 is 0.675 bits per heavy atom. The van der Waals surface area contributed by atoms with Crippen molar-refractivity contribution in [2.45, 2.75) is 39.5 Å². The number of nitriles is 2. The minimum atomic E-state index is -1.31. The molecule has 206 valence electrons. The number of rotatable bonds is 12. The number of nitrogens with zero attached hydrogens (tertiary/aromatic N) is 2. The van der Waals surface area contributed by atoms with Crippen LogP contribution in [0, 0.1) is 34.3 Å². The minimum absolute atomic E-state index is 0.00738. The number of esters is 2. The number of unbranched alkanes of at least 4 members (excludes halogenated alkanes) is 2. The summed E-state index contributed by atoms with van der Waals surface area (Å²) in [5, 5.41) is 18.7. The lowest BCUT2D eigenvalue weighted by molar-refractivity contribution is 0.0490. The molecule has 3 aromatic carbocycles. The van der Waals surface area contributed by atoms with Gasteiger partial charge in [-0.05, 0) is 61.4 Å². The number of hydrogen-bond acceptors (Lipinski definition) is 8. The van der Waals surface area contributed by atoms with E-state index < -0.39 is 46.2 Å². The summed E-state index contributed by atoms with van der Waals surface area (Å²) in [4.78, 5) is 24.3. The molecule has 3 rings (SSSR count). The van der Waals surface area contributed by atoms with Crippen molar-refractivity contribution in [3.8, 4) is 35.1 Å². The van der Waals surface area contributed by atoms with Crippen LogP contribution in [0.2, 0.25) is 0 Å². The number of halogens is 2. The van der Waals surface area contributed by atoms with Gasteiger partial charge in [0.05, 0.1) is 24.3 Å². The lowest BCUT2D eigenvalue weighted by Gasteiger charge is -2.16. The van der Waals surface area contributed by atoms with Crippen LogP contribution in [0.15, 0.2) is 48.5 Å². The standard InChI is InChI=1S/C30H26F2N2O6/c1-3-5-15-37-29(35)19-7-11-21(12-8-19)39-27-25(31)23(17-33)24(18-34)26(32)28(27)40-22-13-9-20(10-14-22)30(36)38-16-6-4-2/h7-14H,3-6,15-16H2,1-2H3. The van der Waals surface area contributed by atoms with Gasteiger partial charge in [0.25, 0.3) is 0 Å². The van der Waals surface area contributed by atoms with Crippen molar-refractivity contribution in [3.05, 3.63) is 82.4 Å². The molecule has 0 bridgehead atoms. The molecule has 0 unspecified atom stereocenters. The molecule has 40 heavy (non-hydrogen) atoms. The molecule has 0 atom stereocenters. The largest absolute Gasteiger partial charge is 0.462 e. The van der Waals surface area contributed by atoms with Crippen molar-refractivity contribution in [1.82, 2.24) is 0 Å². The second kappa shape index (κ2) is 14.3. The lowest BCUT2D eigenvalue weighted by atomic mass is 10.1. The van der Waals surface area contributed by atoms with Crippen LogP contribution in [0.5, 0.6) is 23.0 Å². The Hall–Kier alpha value is -4.96. The Morgan fingerprint density at radius 3 is 1.32 bits per heavy atom. The van der Waals surface area contributed by atoms with Crippen LogP contribution >= 0.6 is 0 Å². The van der Waals surface area contributed by atoms with Gasteiger partial charge in [-0.1, -0.05) is 26.7 Å². The van der Waals surface area contributed by atoms with Crippen LogP contribution in [0.3, 0.4) is 0 Å². The Kier molecular flexibility index (Phi) is 10.6. The number of carbonyl (C=O) groups excluding carboxylic acids is 2. The van der Waals surface area contributed by atoms with Crippen LogP contribution in [-0.2, 0) is 9.47 Å². The first-order valence-electron chi connectivity index (χ1n) is 12.6. The third kappa shape index (κ3) is 7.12. The second-order valence-electron chi connectivity index (χ2n) is 8.49. The highest BCUT2D eigenvalue weighted by Crippen LogP contribution is 2.42. The normalized spacial score (nSPS) is 10.2. The van der Waals surface area contributed by atoms with Crippen LogP contribution in [0.25, 0.3) is 0 Å². The van der Waals surface area contributed by atoms with Gasteiger partial charge < -0.3 is 18.9 Å². The quantitative estimate of drug-likeness (QED) is 0.172. The first-order chi connectivity index (χ1) is 19.3. The Morgan fingerprint density at radius 2 is 1.02 bits per heavy atom. The van der Waals surface area contributed by atoms with Gasteiger partial charge in [-0.3, -0.25) is 0 Å². The fourth-order valence-corrected chi connectivity index (χ4v) is 3.38. The molecule has 0 aliphatic carbocycles. The molecule has 8 nitrogen and oxygen atoms in total. The number of benzene rings is 3. The van der Waals surface area contributed by atoms with Gasteiger partial charge in [0, 0.05) is 0 Å². The van der Waals surface area contributed by atoms with Crippen molar-refractivity contribution >= 4 is 11.9 Å². The summed E-state index contributed by atoms with van der Waals surface area (Å²) in [6.45, 7) is 4.45. The van der Waals surface area contributed by atoms with E-state index in [1.54, 1.807) is 0 Å². The molecule has 0 radical (unpaired) electrons. The van der Waals surface area contributed by atoms with E-state index in [-0.39, 0.29) is 35.8 Å². The Labute approximate surface area is 230 Å². The van der Waals surface area contributed by atoms with Crippen molar-refractivity contribution in [2.75, 3.05) is 13.2 Å². The fourth-order valence-electron chi connectivity index (χ4n) is 3.38. The van der Waals surface area contributed by atoms with Gasteiger partial charge in [0.15, 0.2) is 11.6 Å².